The quantitative estimate of drug-likeness (QED) is 0.694. The van der Waals surface area contributed by atoms with E-state index in [2.05, 4.69) is 29.6 Å². The Labute approximate surface area is 116 Å². The van der Waals surface area contributed by atoms with Gasteiger partial charge in [-0.05, 0) is 44.5 Å². The molecule has 0 fully saturated rings. The predicted molar refractivity (Wildman–Crippen MR) is 80.6 cm³/mol. The Morgan fingerprint density at radius 3 is 2.84 bits per heavy atom. The minimum atomic E-state index is 0.212. The maximum Gasteiger partial charge on any atom is 0.120 e. The number of hydrogen-bond acceptors (Lipinski definition) is 3. The molecule has 3 nitrogen and oxygen atoms in total. The zero-order chi connectivity index (χ0) is 13.9. The van der Waals surface area contributed by atoms with Gasteiger partial charge in [0.1, 0.15) is 5.75 Å². The molecule has 0 aliphatic carbocycles. The van der Waals surface area contributed by atoms with Crippen molar-refractivity contribution in [2.24, 2.45) is 0 Å². The van der Waals surface area contributed by atoms with Gasteiger partial charge in [0.15, 0.2) is 0 Å². The highest BCUT2D eigenvalue weighted by atomic mass is 16.5. The van der Waals surface area contributed by atoms with E-state index in [0.717, 1.165) is 31.9 Å². The van der Waals surface area contributed by atoms with Gasteiger partial charge in [0.2, 0.25) is 0 Å². The van der Waals surface area contributed by atoms with Gasteiger partial charge < -0.3 is 14.8 Å². The number of methoxy groups -OCH3 is 1. The number of benzene rings is 1. The van der Waals surface area contributed by atoms with Crippen LogP contribution in [0.25, 0.3) is 6.08 Å². The highest BCUT2D eigenvalue weighted by Crippen LogP contribution is 2.15. The zero-order valence-corrected chi connectivity index (χ0v) is 12.2. The summed E-state index contributed by atoms with van der Waals surface area (Å²) in [6, 6.07) is 8.16. The minimum Gasteiger partial charge on any atom is -0.491 e. The lowest BCUT2D eigenvalue weighted by Crippen LogP contribution is -2.19. The maximum absolute atomic E-state index is 5.67. The first-order chi connectivity index (χ1) is 9.22. The second-order valence-corrected chi connectivity index (χ2v) is 4.67. The molecule has 0 atom stereocenters. The van der Waals surface area contributed by atoms with Crippen LogP contribution in [0.4, 0.5) is 0 Å². The Kier molecular flexibility index (Phi) is 7.94. The van der Waals surface area contributed by atoms with E-state index < -0.39 is 0 Å². The van der Waals surface area contributed by atoms with Crippen molar-refractivity contribution in [2.75, 3.05) is 26.8 Å². The van der Waals surface area contributed by atoms with Crippen molar-refractivity contribution in [3.63, 3.8) is 0 Å². The van der Waals surface area contributed by atoms with Gasteiger partial charge in [-0.3, -0.25) is 0 Å². The van der Waals surface area contributed by atoms with Gasteiger partial charge in [0, 0.05) is 13.7 Å². The van der Waals surface area contributed by atoms with Gasteiger partial charge in [-0.1, -0.05) is 24.3 Å². The molecule has 0 unspecified atom stereocenters. The molecule has 0 saturated heterocycles. The van der Waals surface area contributed by atoms with E-state index in [4.69, 9.17) is 9.47 Å². The van der Waals surface area contributed by atoms with E-state index in [1.807, 2.05) is 26.0 Å². The first kappa shape index (κ1) is 15.7. The second-order valence-electron chi connectivity index (χ2n) is 4.67. The summed E-state index contributed by atoms with van der Waals surface area (Å²) in [6.45, 7) is 6.71. The summed E-state index contributed by atoms with van der Waals surface area (Å²) in [5.74, 6) is 0.926. The highest BCUT2D eigenvalue weighted by Gasteiger charge is 1.97. The van der Waals surface area contributed by atoms with E-state index in [0.29, 0.717) is 0 Å². The molecule has 1 N–H and O–H groups in total. The lowest BCUT2D eigenvalue weighted by atomic mass is 10.2. The Bertz CT molecular complexity index is 375. The molecule has 0 amide bonds. The molecule has 0 spiro atoms. The highest BCUT2D eigenvalue weighted by molar-refractivity contribution is 5.51. The number of rotatable bonds is 9. The molecule has 1 aromatic rings. The van der Waals surface area contributed by atoms with E-state index in [1.54, 1.807) is 7.11 Å². The number of nitrogens with one attached hydrogen (secondary N) is 1. The van der Waals surface area contributed by atoms with Gasteiger partial charge in [-0.2, -0.15) is 0 Å². The van der Waals surface area contributed by atoms with Gasteiger partial charge in [-0.15, -0.1) is 0 Å². The van der Waals surface area contributed by atoms with Crippen LogP contribution in [-0.2, 0) is 4.74 Å². The fourth-order valence-corrected chi connectivity index (χ4v) is 1.67. The molecule has 0 bridgehead atoms. The van der Waals surface area contributed by atoms with Crippen molar-refractivity contribution < 1.29 is 9.47 Å². The van der Waals surface area contributed by atoms with Crippen molar-refractivity contribution >= 4 is 6.08 Å². The molecule has 106 valence electrons. The van der Waals surface area contributed by atoms with Crippen molar-refractivity contribution in [3.05, 3.63) is 35.9 Å². The molecule has 3 heteroatoms. The van der Waals surface area contributed by atoms with E-state index in [9.17, 15) is 0 Å². The van der Waals surface area contributed by atoms with Crippen LogP contribution in [0.2, 0.25) is 0 Å². The van der Waals surface area contributed by atoms with Crippen LogP contribution < -0.4 is 10.1 Å². The SMILES string of the molecule is COCCNCCC=Cc1cccc(OC(C)C)c1. The molecule has 0 aliphatic heterocycles. The molecule has 0 heterocycles. The summed E-state index contributed by atoms with van der Waals surface area (Å²) >= 11 is 0. The number of ether oxygens (including phenoxy) is 2. The standard InChI is InChI=1S/C16H25NO2/c1-14(2)19-16-9-6-8-15(13-16)7-4-5-10-17-11-12-18-3/h4,6-9,13-14,17H,5,10-12H2,1-3H3. The third-order valence-electron chi connectivity index (χ3n) is 2.51. The Balaban J connectivity index is 2.31. The van der Waals surface area contributed by atoms with E-state index >= 15 is 0 Å². The maximum atomic E-state index is 5.67. The molecule has 0 saturated carbocycles. The molecule has 1 aromatic carbocycles. The predicted octanol–water partition coefficient (Wildman–Crippen LogP) is 3.11. The molecule has 0 aliphatic rings. The average Bonchev–Trinajstić information content (AvgIpc) is 2.37. The van der Waals surface area contributed by atoms with Crippen LogP contribution in [0.15, 0.2) is 30.3 Å². The normalized spacial score (nSPS) is 11.4. The van der Waals surface area contributed by atoms with Gasteiger partial charge >= 0.3 is 0 Å². The summed E-state index contributed by atoms with van der Waals surface area (Å²) in [4.78, 5) is 0. The molecule has 0 radical (unpaired) electrons. The van der Waals surface area contributed by atoms with Gasteiger partial charge in [0.05, 0.1) is 12.7 Å². The second kappa shape index (κ2) is 9.59. The van der Waals surface area contributed by atoms with Crippen molar-refractivity contribution in [1.29, 1.82) is 0 Å². The van der Waals surface area contributed by atoms with Crippen LogP contribution in [0, 0.1) is 0 Å². The van der Waals surface area contributed by atoms with Gasteiger partial charge in [-0.25, -0.2) is 0 Å². The topological polar surface area (TPSA) is 30.5 Å². The first-order valence-corrected chi connectivity index (χ1v) is 6.85. The summed E-state index contributed by atoms with van der Waals surface area (Å²) in [5.41, 5.74) is 1.18. The lowest BCUT2D eigenvalue weighted by molar-refractivity contribution is 0.199. The summed E-state index contributed by atoms with van der Waals surface area (Å²) in [7, 11) is 1.72. The largest absolute Gasteiger partial charge is 0.491 e. The van der Waals surface area contributed by atoms with E-state index in [1.165, 1.54) is 5.56 Å². The third kappa shape index (κ3) is 7.65. The lowest BCUT2D eigenvalue weighted by Gasteiger charge is -2.09. The molecule has 19 heavy (non-hydrogen) atoms. The summed E-state index contributed by atoms with van der Waals surface area (Å²) < 4.78 is 10.6. The Morgan fingerprint density at radius 1 is 1.26 bits per heavy atom. The van der Waals surface area contributed by atoms with Crippen molar-refractivity contribution in [3.8, 4) is 5.75 Å². The van der Waals surface area contributed by atoms with Crippen LogP contribution in [-0.4, -0.2) is 32.9 Å². The zero-order valence-electron chi connectivity index (χ0n) is 12.2. The van der Waals surface area contributed by atoms with Crippen molar-refractivity contribution in [2.45, 2.75) is 26.4 Å². The summed E-state index contributed by atoms with van der Waals surface area (Å²) in [6.07, 6.45) is 5.53. The Hall–Kier alpha value is -1.32. The molecular weight excluding hydrogens is 238 g/mol. The Morgan fingerprint density at radius 2 is 2.11 bits per heavy atom. The van der Waals surface area contributed by atoms with Crippen LogP contribution in [0.1, 0.15) is 25.8 Å². The fourth-order valence-electron chi connectivity index (χ4n) is 1.67. The summed E-state index contributed by atoms with van der Waals surface area (Å²) in [5, 5.41) is 3.31. The fraction of sp³-hybridized carbons (Fsp3) is 0.500. The monoisotopic (exact) mass is 263 g/mol. The third-order valence-corrected chi connectivity index (χ3v) is 2.51. The number of hydrogen-bond donors (Lipinski definition) is 1. The average molecular weight is 263 g/mol. The van der Waals surface area contributed by atoms with Crippen LogP contribution >= 0.6 is 0 Å². The molecule has 1 rings (SSSR count). The minimum absolute atomic E-state index is 0.212. The first-order valence-electron chi connectivity index (χ1n) is 6.85. The molecule has 0 aromatic heterocycles. The van der Waals surface area contributed by atoms with Crippen LogP contribution in [0.3, 0.4) is 0 Å². The van der Waals surface area contributed by atoms with Crippen LogP contribution in [0.5, 0.6) is 5.75 Å². The van der Waals surface area contributed by atoms with E-state index in [-0.39, 0.29) is 6.10 Å². The molecular formula is C16H25NO2. The smallest absolute Gasteiger partial charge is 0.120 e. The van der Waals surface area contributed by atoms with Crippen molar-refractivity contribution in [1.82, 2.24) is 5.32 Å². The van der Waals surface area contributed by atoms with Gasteiger partial charge in [0.25, 0.3) is 0 Å².